The van der Waals surface area contributed by atoms with Crippen molar-refractivity contribution >= 4 is 23.7 Å². The molecule has 1 unspecified atom stereocenters. The fourth-order valence-corrected chi connectivity index (χ4v) is 3.18. The van der Waals surface area contributed by atoms with Crippen LogP contribution in [0.1, 0.15) is 6.92 Å². The van der Waals surface area contributed by atoms with Gasteiger partial charge >= 0.3 is 6.03 Å². The van der Waals surface area contributed by atoms with Crippen LogP contribution in [0.5, 0.6) is 5.75 Å². The maximum absolute atomic E-state index is 12.4. The monoisotopic (exact) mass is 348 g/mol. The summed E-state index contributed by atoms with van der Waals surface area (Å²) >= 11 is 1.19. The number of hydrogen-bond donors (Lipinski definition) is 1. The van der Waals surface area contributed by atoms with Gasteiger partial charge in [0.15, 0.2) is 0 Å². The average Bonchev–Trinajstić information content (AvgIpc) is 3.23. The first-order valence-corrected chi connectivity index (χ1v) is 8.17. The Labute approximate surface area is 142 Å². The van der Waals surface area contributed by atoms with Crippen LogP contribution >= 0.6 is 11.8 Å². The van der Waals surface area contributed by atoms with Gasteiger partial charge in [0.05, 0.1) is 12.4 Å². The molecule has 2 aromatic rings. The number of urea groups is 1. The molecule has 10 heteroatoms. The molecular weight excluding hydrogens is 332 g/mol. The van der Waals surface area contributed by atoms with Gasteiger partial charge in [-0.1, -0.05) is 23.9 Å². The van der Waals surface area contributed by atoms with Gasteiger partial charge in [0.2, 0.25) is 11.1 Å². The molecule has 0 bridgehead atoms. The number of nitrogens with one attached hydrogen (secondary N) is 1. The summed E-state index contributed by atoms with van der Waals surface area (Å²) in [5.74, 6) is 0.342. The van der Waals surface area contributed by atoms with E-state index in [0.717, 1.165) is 0 Å². The topological polar surface area (TPSA) is 102 Å². The van der Waals surface area contributed by atoms with E-state index in [1.807, 2.05) is 18.2 Å². The van der Waals surface area contributed by atoms with E-state index in [0.29, 0.717) is 29.7 Å². The molecule has 0 saturated carbocycles. The van der Waals surface area contributed by atoms with Crippen molar-refractivity contribution in [2.75, 3.05) is 20.2 Å². The van der Waals surface area contributed by atoms with E-state index >= 15 is 0 Å². The lowest BCUT2D eigenvalue weighted by molar-refractivity contribution is -0.126. The first-order chi connectivity index (χ1) is 11.6. The number of aromatic nitrogens is 4. The Kier molecular flexibility index (Phi) is 4.65. The van der Waals surface area contributed by atoms with Gasteiger partial charge in [-0.2, -0.15) is 4.68 Å². The predicted molar refractivity (Wildman–Crippen MR) is 86.1 cm³/mol. The van der Waals surface area contributed by atoms with Crippen LogP contribution in [0.3, 0.4) is 0 Å². The summed E-state index contributed by atoms with van der Waals surface area (Å²) in [4.78, 5) is 25.2. The maximum Gasteiger partial charge on any atom is 0.324 e. The van der Waals surface area contributed by atoms with Crippen LogP contribution in [0.15, 0.2) is 29.4 Å². The third-order valence-electron chi connectivity index (χ3n) is 3.51. The van der Waals surface area contributed by atoms with Crippen molar-refractivity contribution in [1.82, 2.24) is 30.4 Å². The lowest BCUT2D eigenvalue weighted by Gasteiger charge is -2.17. The first kappa shape index (κ1) is 16.2. The lowest BCUT2D eigenvalue weighted by atomic mass is 10.3. The van der Waals surface area contributed by atoms with Crippen molar-refractivity contribution in [1.29, 1.82) is 0 Å². The van der Waals surface area contributed by atoms with E-state index in [4.69, 9.17) is 4.74 Å². The molecule has 0 spiro atoms. The summed E-state index contributed by atoms with van der Waals surface area (Å²) in [6.45, 7) is 2.57. The zero-order chi connectivity index (χ0) is 17.1. The lowest BCUT2D eigenvalue weighted by Crippen LogP contribution is -2.39. The second kappa shape index (κ2) is 6.87. The third kappa shape index (κ3) is 3.04. The zero-order valence-corrected chi connectivity index (χ0v) is 14.0. The van der Waals surface area contributed by atoms with Gasteiger partial charge in [0.1, 0.15) is 11.4 Å². The van der Waals surface area contributed by atoms with E-state index in [9.17, 15) is 9.59 Å². The summed E-state index contributed by atoms with van der Waals surface area (Å²) in [5, 5.41) is 14.2. The van der Waals surface area contributed by atoms with E-state index in [1.54, 1.807) is 20.1 Å². The van der Waals surface area contributed by atoms with Crippen molar-refractivity contribution in [3.8, 4) is 11.4 Å². The minimum absolute atomic E-state index is 0.274. The number of ether oxygens (including phenoxy) is 1. The van der Waals surface area contributed by atoms with Crippen LogP contribution < -0.4 is 10.1 Å². The fourth-order valence-electron chi connectivity index (χ4n) is 2.32. The van der Waals surface area contributed by atoms with Crippen molar-refractivity contribution in [3.05, 3.63) is 24.3 Å². The van der Waals surface area contributed by atoms with Crippen LogP contribution in [-0.2, 0) is 4.79 Å². The second-order valence-electron chi connectivity index (χ2n) is 5.03. The van der Waals surface area contributed by atoms with Crippen molar-refractivity contribution in [3.63, 3.8) is 0 Å². The number of nitrogens with zero attached hydrogens (tertiary/aromatic N) is 5. The molecule has 1 aromatic carbocycles. The predicted octanol–water partition coefficient (Wildman–Crippen LogP) is 0.703. The fraction of sp³-hybridized carbons (Fsp3) is 0.357. The van der Waals surface area contributed by atoms with Crippen molar-refractivity contribution in [2.45, 2.75) is 17.3 Å². The number of hydrogen-bond acceptors (Lipinski definition) is 7. The number of para-hydroxylation sites is 2. The Morgan fingerprint density at radius 3 is 2.92 bits per heavy atom. The number of methoxy groups -OCH3 is 1. The van der Waals surface area contributed by atoms with Gasteiger partial charge < -0.3 is 10.1 Å². The summed E-state index contributed by atoms with van der Waals surface area (Å²) in [6, 6.07) is 6.94. The van der Waals surface area contributed by atoms with Crippen LogP contribution in [0.25, 0.3) is 5.69 Å². The average molecular weight is 348 g/mol. The highest BCUT2D eigenvalue weighted by Crippen LogP contribution is 2.28. The number of amides is 3. The Bertz CT molecular complexity index is 764. The molecule has 1 aromatic heterocycles. The number of thioether (sulfide) groups is 1. The minimum atomic E-state index is -0.506. The molecule has 1 N–H and O–H groups in total. The van der Waals surface area contributed by atoms with Gasteiger partial charge in [-0.25, -0.2) is 4.79 Å². The second-order valence-corrected chi connectivity index (χ2v) is 6.33. The molecule has 1 atom stereocenters. The smallest absolute Gasteiger partial charge is 0.324 e. The Morgan fingerprint density at radius 1 is 1.42 bits per heavy atom. The quantitative estimate of drug-likeness (QED) is 0.794. The zero-order valence-electron chi connectivity index (χ0n) is 13.2. The molecule has 1 fully saturated rings. The standard InChI is InChI=1S/C14H16N6O3S/c1-9(12(21)19-8-7-15-13(19)22)24-14-16-17-18-20(14)10-5-3-4-6-11(10)23-2/h3-6,9H,7-8H2,1-2H3,(H,15,22). The molecular formula is C14H16N6O3S. The molecule has 2 heterocycles. The summed E-state index contributed by atoms with van der Waals surface area (Å²) in [6.07, 6.45) is 0. The SMILES string of the molecule is COc1ccccc1-n1nnnc1SC(C)C(=O)N1CCNC1=O. The number of tetrazole rings is 1. The molecule has 0 radical (unpaired) electrons. The molecule has 126 valence electrons. The third-order valence-corrected chi connectivity index (χ3v) is 4.53. The minimum Gasteiger partial charge on any atom is -0.494 e. The number of carbonyl (C=O) groups is 2. The molecule has 3 amide bonds. The van der Waals surface area contributed by atoms with Crippen LogP contribution in [0.4, 0.5) is 4.79 Å². The highest BCUT2D eigenvalue weighted by Gasteiger charge is 2.31. The number of rotatable bonds is 5. The van der Waals surface area contributed by atoms with Crippen LogP contribution in [0.2, 0.25) is 0 Å². The van der Waals surface area contributed by atoms with Crippen molar-refractivity contribution < 1.29 is 14.3 Å². The normalized spacial score (nSPS) is 15.2. The molecule has 1 aliphatic heterocycles. The van der Waals surface area contributed by atoms with Crippen LogP contribution in [-0.4, -0.2) is 62.5 Å². The van der Waals surface area contributed by atoms with Crippen LogP contribution in [0, 0.1) is 0 Å². The van der Waals surface area contributed by atoms with Gasteiger partial charge in [0.25, 0.3) is 0 Å². The largest absolute Gasteiger partial charge is 0.494 e. The maximum atomic E-state index is 12.4. The van der Waals surface area contributed by atoms with Gasteiger partial charge in [-0.15, -0.1) is 5.10 Å². The van der Waals surface area contributed by atoms with Gasteiger partial charge in [0, 0.05) is 13.1 Å². The van der Waals surface area contributed by atoms with E-state index in [-0.39, 0.29) is 11.9 Å². The van der Waals surface area contributed by atoms with E-state index in [2.05, 4.69) is 20.8 Å². The van der Waals surface area contributed by atoms with Gasteiger partial charge in [-0.05, 0) is 29.5 Å². The molecule has 0 aliphatic carbocycles. The molecule has 9 nitrogen and oxygen atoms in total. The summed E-state index contributed by atoms with van der Waals surface area (Å²) in [5.41, 5.74) is 0.672. The van der Waals surface area contributed by atoms with E-state index < -0.39 is 5.25 Å². The molecule has 1 saturated heterocycles. The van der Waals surface area contributed by atoms with E-state index in [1.165, 1.54) is 21.3 Å². The highest BCUT2D eigenvalue weighted by molar-refractivity contribution is 8.00. The Hall–Kier alpha value is -2.62. The Balaban J connectivity index is 1.81. The first-order valence-electron chi connectivity index (χ1n) is 7.29. The summed E-state index contributed by atoms with van der Waals surface area (Å²) in [7, 11) is 1.56. The number of carbonyl (C=O) groups excluding carboxylic acids is 2. The van der Waals surface area contributed by atoms with Gasteiger partial charge in [-0.3, -0.25) is 9.69 Å². The van der Waals surface area contributed by atoms with Crippen molar-refractivity contribution in [2.24, 2.45) is 0 Å². The molecule has 1 aliphatic rings. The summed E-state index contributed by atoms with van der Waals surface area (Å²) < 4.78 is 6.83. The number of benzene rings is 1. The molecule has 24 heavy (non-hydrogen) atoms. The number of imide groups is 1. The Morgan fingerprint density at radius 2 is 2.21 bits per heavy atom. The highest BCUT2D eigenvalue weighted by atomic mass is 32.2. The molecule has 3 rings (SSSR count).